The molecule has 10 heteroatoms. The van der Waals surface area contributed by atoms with E-state index in [1.165, 1.54) is 11.4 Å². The number of ether oxygens (including phenoxy) is 2. The van der Waals surface area contributed by atoms with Crippen molar-refractivity contribution in [2.75, 3.05) is 37.9 Å². The predicted octanol–water partition coefficient (Wildman–Crippen LogP) is 3.97. The quantitative estimate of drug-likeness (QED) is 0.319. The van der Waals surface area contributed by atoms with Gasteiger partial charge in [0.25, 0.3) is 0 Å². The van der Waals surface area contributed by atoms with Gasteiger partial charge >= 0.3 is 0 Å². The van der Waals surface area contributed by atoms with Gasteiger partial charge in [0.1, 0.15) is 17.5 Å². The molecule has 0 aliphatic rings. The Balaban J connectivity index is 2.21. The van der Waals surface area contributed by atoms with Crippen LogP contribution in [0.4, 0.5) is 5.69 Å². The maximum absolute atomic E-state index is 13.5. The molecule has 2 amide bonds. The molecule has 0 saturated heterocycles. The summed E-state index contributed by atoms with van der Waals surface area (Å²) in [6, 6.07) is 13.5. The van der Waals surface area contributed by atoms with Crippen LogP contribution in [0, 0.1) is 0 Å². The highest BCUT2D eigenvalue weighted by atomic mass is 32.2. The van der Waals surface area contributed by atoms with Crippen molar-refractivity contribution in [1.29, 1.82) is 0 Å². The van der Waals surface area contributed by atoms with E-state index in [-0.39, 0.29) is 37.7 Å². The molecule has 0 radical (unpaired) electrons. The van der Waals surface area contributed by atoms with Crippen molar-refractivity contribution in [3.05, 3.63) is 54.1 Å². The zero-order chi connectivity index (χ0) is 28.1. The number of nitrogens with zero attached hydrogens (tertiary/aromatic N) is 2. The maximum Gasteiger partial charge on any atom is 0.242 e. The first-order valence-electron chi connectivity index (χ1n) is 13.0. The fraction of sp³-hybridized carbons (Fsp3) is 0.500. The van der Waals surface area contributed by atoms with Crippen LogP contribution in [0.2, 0.25) is 0 Å². The second-order valence-electron chi connectivity index (χ2n) is 9.08. The second-order valence-corrected chi connectivity index (χ2v) is 11.0. The van der Waals surface area contributed by atoms with Crippen molar-refractivity contribution in [1.82, 2.24) is 10.2 Å². The van der Waals surface area contributed by atoms with Crippen LogP contribution in [0.1, 0.15) is 51.5 Å². The number of unbranched alkanes of at least 4 members (excludes halogenated alkanes) is 1. The molecule has 210 valence electrons. The van der Waals surface area contributed by atoms with Crippen LogP contribution in [-0.2, 0) is 26.2 Å². The first-order valence-corrected chi connectivity index (χ1v) is 14.8. The minimum Gasteiger partial charge on any atom is -0.497 e. The largest absolute Gasteiger partial charge is 0.497 e. The second kappa shape index (κ2) is 15.2. The van der Waals surface area contributed by atoms with E-state index in [0.29, 0.717) is 30.2 Å². The van der Waals surface area contributed by atoms with Crippen molar-refractivity contribution in [3.63, 3.8) is 0 Å². The summed E-state index contributed by atoms with van der Waals surface area (Å²) in [5.74, 6) is 0.849. The summed E-state index contributed by atoms with van der Waals surface area (Å²) < 4.78 is 36.8. The summed E-state index contributed by atoms with van der Waals surface area (Å²) in [6.45, 7) is 4.86. The molecule has 1 atom stereocenters. The molecule has 1 N–H and O–H groups in total. The third-order valence-electron chi connectivity index (χ3n) is 6.22. The molecule has 0 aromatic heterocycles. The van der Waals surface area contributed by atoms with Gasteiger partial charge in [-0.25, -0.2) is 8.42 Å². The number of carbonyl (C=O) groups excluding carboxylic acids is 2. The predicted molar refractivity (Wildman–Crippen MR) is 150 cm³/mol. The lowest BCUT2D eigenvalue weighted by molar-refractivity contribution is -0.141. The monoisotopic (exact) mass is 547 g/mol. The minimum absolute atomic E-state index is 0.0882. The van der Waals surface area contributed by atoms with Crippen LogP contribution in [0.15, 0.2) is 48.5 Å². The molecule has 0 unspecified atom stereocenters. The van der Waals surface area contributed by atoms with Crippen molar-refractivity contribution < 1.29 is 27.5 Å². The molecule has 0 saturated carbocycles. The third kappa shape index (κ3) is 9.24. The van der Waals surface area contributed by atoms with Gasteiger partial charge in [-0.05, 0) is 49.1 Å². The van der Waals surface area contributed by atoms with Crippen molar-refractivity contribution in [3.8, 4) is 11.5 Å². The molecule has 0 heterocycles. The van der Waals surface area contributed by atoms with Gasteiger partial charge in [0.15, 0.2) is 0 Å². The zero-order valence-corrected chi connectivity index (χ0v) is 23.9. The molecular weight excluding hydrogens is 506 g/mol. The number of amides is 2. The Labute approximate surface area is 227 Å². The highest BCUT2D eigenvalue weighted by Crippen LogP contribution is 2.24. The highest BCUT2D eigenvalue weighted by molar-refractivity contribution is 7.92. The van der Waals surface area contributed by atoms with Gasteiger partial charge in [-0.15, -0.1) is 0 Å². The molecule has 0 aliphatic heterocycles. The van der Waals surface area contributed by atoms with Gasteiger partial charge < -0.3 is 19.7 Å². The van der Waals surface area contributed by atoms with Crippen molar-refractivity contribution in [2.24, 2.45) is 0 Å². The van der Waals surface area contributed by atoms with Crippen LogP contribution < -0.4 is 19.1 Å². The van der Waals surface area contributed by atoms with Gasteiger partial charge in [0, 0.05) is 32.1 Å². The van der Waals surface area contributed by atoms with E-state index in [1.807, 2.05) is 38.1 Å². The van der Waals surface area contributed by atoms with Crippen molar-refractivity contribution in [2.45, 2.75) is 58.5 Å². The van der Waals surface area contributed by atoms with Gasteiger partial charge in [0.05, 0.1) is 26.2 Å². The van der Waals surface area contributed by atoms with E-state index < -0.39 is 16.1 Å². The Bertz CT molecular complexity index is 1140. The van der Waals surface area contributed by atoms with Crippen LogP contribution >= 0.6 is 0 Å². The number of rotatable bonds is 16. The number of anilines is 1. The van der Waals surface area contributed by atoms with E-state index >= 15 is 0 Å². The third-order valence-corrected chi connectivity index (χ3v) is 7.41. The Hall–Kier alpha value is -3.27. The Morgan fingerprint density at radius 3 is 2.24 bits per heavy atom. The lowest BCUT2D eigenvalue weighted by Crippen LogP contribution is -2.49. The number of carbonyl (C=O) groups is 2. The Morgan fingerprint density at radius 1 is 0.974 bits per heavy atom. The van der Waals surface area contributed by atoms with Gasteiger partial charge in [0.2, 0.25) is 21.8 Å². The van der Waals surface area contributed by atoms with Gasteiger partial charge in [-0.1, -0.05) is 38.5 Å². The summed E-state index contributed by atoms with van der Waals surface area (Å²) in [5, 5.41) is 2.95. The fourth-order valence-electron chi connectivity index (χ4n) is 4.12. The van der Waals surface area contributed by atoms with Gasteiger partial charge in [-0.2, -0.15) is 0 Å². The molecule has 2 aromatic carbocycles. The number of hydrogen-bond donors (Lipinski definition) is 1. The molecule has 0 spiro atoms. The Kier molecular flexibility index (Phi) is 12.4. The fourth-order valence-corrected chi connectivity index (χ4v) is 5.08. The zero-order valence-electron chi connectivity index (χ0n) is 23.1. The molecule has 9 nitrogen and oxygen atoms in total. The number of nitrogens with one attached hydrogen (secondary N) is 1. The lowest BCUT2D eigenvalue weighted by atomic mass is 10.1. The van der Waals surface area contributed by atoms with Gasteiger partial charge in [-0.3, -0.25) is 13.9 Å². The standard InChI is InChI=1S/C28H41N3O6S/c1-6-8-18-29-28(33)26(7-2)30(21-22-14-16-24(36-3)17-15-22)27(32)13-10-19-31(38(5,34)35)23-11-9-12-25(20-23)37-4/h9,11-12,14-17,20,26H,6-8,10,13,18-19,21H2,1-5H3,(H,29,33)/t26-/m1/s1. The molecular formula is C28H41N3O6S. The lowest BCUT2D eigenvalue weighted by Gasteiger charge is -2.31. The SMILES string of the molecule is CCCCNC(=O)[C@@H](CC)N(Cc1ccc(OC)cc1)C(=O)CCCN(c1cccc(OC)c1)S(C)(=O)=O. The first kappa shape index (κ1) is 31.0. The summed E-state index contributed by atoms with van der Waals surface area (Å²) in [7, 11) is -0.483. The van der Waals surface area contributed by atoms with Crippen LogP contribution in [0.5, 0.6) is 11.5 Å². The summed E-state index contributed by atoms with van der Waals surface area (Å²) in [6.07, 6.45) is 3.79. The normalized spacial score (nSPS) is 11.9. The molecule has 38 heavy (non-hydrogen) atoms. The maximum atomic E-state index is 13.5. The summed E-state index contributed by atoms with van der Waals surface area (Å²) in [5.41, 5.74) is 1.34. The molecule has 2 rings (SSSR count). The minimum atomic E-state index is -3.59. The molecule has 0 fully saturated rings. The summed E-state index contributed by atoms with van der Waals surface area (Å²) >= 11 is 0. The molecule has 2 aromatic rings. The van der Waals surface area contributed by atoms with E-state index in [2.05, 4.69) is 5.32 Å². The summed E-state index contributed by atoms with van der Waals surface area (Å²) in [4.78, 5) is 28.1. The first-order chi connectivity index (χ1) is 18.1. The molecule has 0 bridgehead atoms. The topological polar surface area (TPSA) is 105 Å². The number of benzene rings is 2. The number of hydrogen-bond acceptors (Lipinski definition) is 6. The van der Waals surface area contributed by atoms with Crippen LogP contribution in [0.25, 0.3) is 0 Å². The number of sulfonamides is 1. The Morgan fingerprint density at radius 2 is 1.66 bits per heavy atom. The van der Waals surface area contributed by atoms with E-state index in [9.17, 15) is 18.0 Å². The van der Waals surface area contributed by atoms with E-state index in [0.717, 1.165) is 24.7 Å². The van der Waals surface area contributed by atoms with Crippen molar-refractivity contribution >= 4 is 27.5 Å². The smallest absolute Gasteiger partial charge is 0.242 e. The van der Waals surface area contributed by atoms with E-state index in [4.69, 9.17) is 9.47 Å². The number of methoxy groups -OCH3 is 2. The highest BCUT2D eigenvalue weighted by Gasteiger charge is 2.28. The molecule has 0 aliphatic carbocycles. The van der Waals surface area contributed by atoms with Crippen LogP contribution in [0.3, 0.4) is 0 Å². The van der Waals surface area contributed by atoms with E-state index in [1.54, 1.807) is 36.3 Å². The average molecular weight is 548 g/mol. The van der Waals surface area contributed by atoms with Crippen LogP contribution in [-0.4, -0.2) is 64.7 Å². The average Bonchev–Trinajstić information content (AvgIpc) is 2.90.